The molecule has 2 N–H and O–H groups in total. The second-order valence-corrected chi connectivity index (χ2v) is 9.39. The van der Waals surface area contributed by atoms with Gasteiger partial charge >= 0.3 is 18.1 Å². The van der Waals surface area contributed by atoms with Crippen LogP contribution in [0.1, 0.15) is 61.0 Å². The molecule has 0 heterocycles. The van der Waals surface area contributed by atoms with E-state index in [4.69, 9.17) is 9.47 Å². The van der Waals surface area contributed by atoms with Crippen LogP contribution in [0, 0.1) is 5.92 Å². The molecule has 0 saturated carbocycles. The van der Waals surface area contributed by atoms with Crippen LogP contribution in [0.4, 0.5) is 9.59 Å². The summed E-state index contributed by atoms with van der Waals surface area (Å²) in [6, 6.07) is 7.64. The summed E-state index contributed by atoms with van der Waals surface area (Å²) in [6.45, 7) is 14.2. The van der Waals surface area contributed by atoms with Gasteiger partial charge in [-0.05, 0) is 53.0 Å². The van der Waals surface area contributed by atoms with E-state index < -0.39 is 35.3 Å². The van der Waals surface area contributed by atoms with Crippen LogP contribution in [0.3, 0.4) is 0 Å². The van der Waals surface area contributed by atoms with Crippen LogP contribution in [-0.4, -0.2) is 40.3 Å². The number of hydrazine groups is 1. The Labute approximate surface area is 179 Å². The van der Waals surface area contributed by atoms with Gasteiger partial charge < -0.3 is 14.8 Å². The van der Waals surface area contributed by atoms with E-state index >= 15 is 0 Å². The highest BCUT2D eigenvalue weighted by Gasteiger charge is 2.31. The molecule has 1 aromatic carbocycles. The Hall–Kier alpha value is -2.77. The molecule has 8 heteroatoms. The van der Waals surface area contributed by atoms with Gasteiger partial charge in [-0.1, -0.05) is 44.2 Å². The van der Waals surface area contributed by atoms with Crippen LogP contribution in [0.2, 0.25) is 0 Å². The van der Waals surface area contributed by atoms with Crippen molar-refractivity contribution < 1.29 is 23.9 Å². The second-order valence-electron chi connectivity index (χ2n) is 9.39. The van der Waals surface area contributed by atoms with Crippen LogP contribution in [0.5, 0.6) is 0 Å². The Bertz CT molecular complexity index is 721. The summed E-state index contributed by atoms with van der Waals surface area (Å²) >= 11 is 0. The van der Waals surface area contributed by atoms with Gasteiger partial charge in [0.25, 0.3) is 0 Å². The number of urea groups is 1. The van der Waals surface area contributed by atoms with Gasteiger partial charge in [0.2, 0.25) is 0 Å². The molecule has 30 heavy (non-hydrogen) atoms. The fraction of sp³-hybridized carbons (Fsp3) is 0.591. The summed E-state index contributed by atoms with van der Waals surface area (Å²) in [5.74, 6) is -0.758. The first kappa shape index (κ1) is 25.3. The van der Waals surface area contributed by atoms with E-state index in [0.29, 0.717) is 0 Å². The van der Waals surface area contributed by atoms with Crippen molar-refractivity contribution in [1.29, 1.82) is 0 Å². The zero-order valence-electron chi connectivity index (χ0n) is 19.2. The van der Waals surface area contributed by atoms with Crippen LogP contribution in [0.25, 0.3) is 0 Å². The number of rotatable bonds is 5. The second kappa shape index (κ2) is 10.3. The molecule has 1 atom stereocenters. The molecular formula is C22H35N3O5. The molecule has 1 aromatic rings. The van der Waals surface area contributed by atoms with E-state index in [1.54, 1.807) is 55.4 Å². The fourth-order valence-electron chi connectivity index (χ4n) is 2.41. The maximum Gasteiger partial charge on any atom is 0.426 e. The van der Waals surface area contributed by atoms with Gasteiger partial charge in [-0.15, -0.1) is 0 Å². The van der Waals surface area contributed by atoms with Crippen molar-refractivity contribution in [3.63, 3.8) is 0 Å². The normalized spacial score (nSPS) is 12.7. The number of carbonyl (C=O) groups is 3. The van der Waals surface area contributed by atoms with Gasteiger partial charge in [0.05, 0.1) is 6.54 Å². The number of esters is 1. The maximum atomic E-state index is 13.0. The molecule has 0 aliphatic rings. The molecule has 8 nitrogen and oxygen atoms in total. The summed E-state index contributed by atoms with van der Waals surface area (Å²) in [5.41, 5.74) is 1.84. The van der Waals surface area contributed by atoms with E-state index in [9.17, 15) is 14.4 Å². The topological polar surface area (TPSA) is 97.0 Å². The predicted octanol–water partition coefficient (Wildman–Crippen LogP) is 4.00. The average molecular weight is 422 g/mol. The highest BCUT2D eigenvalue weighted by molar-refractivity contribution is 5.85. The van der Waals surface area contributed by atoms with Gasteiger partial charge in [0, 0.05) is 0 Å². The van der Waals surface area contributed by atoms with E-state index in [2.05, 4.69) is 10.7 Å². The maximum absolute atomic E-state index is 13.0. The molecule has 0 unspecified atom stereocenters. The summed E-state index contributed by atoms with van der Waals surface area (Å²) in [5, 5.41) is 3.76. The van der Waals surface area contributed by atoms with Crippen LogP contribution < -0.4 is 10.7 Å². The van der Waals surface area contributed by atoms with Crippen molar-refractivity contribution >= 4 is 18.1 Å². The lowest BCUT2D eigenvalue weighted by molar-refractivity contribution is -0.158. The summed E-state index contributed by atoms with van der Waals surface area (Å²) in [4.78, 5) is 37.8. The zero-order valence-corrected chi connectivity index (χ0v) is 19.2. The first-order valence-electron chi connectivity index (χ1n) is 10.0. The van der Waals surface area contributed by atoms with E-state index in [1.165, 1.54) is 0 Å². The first-order chi connectivity index (χ1) is 13.7. The molecule has 0 saturated heterocycles. The summed E-state index contributed by atoms with van der Waals surface area (Å²) in [7, 11) is 0. The quantitative estimate of drug-likeness (QED) is 0.553. The molecule has 0 fully saturated rings. The lowest BCUT2D eigenvalue weighted by Crippen LogP contribution is -2.56. The predicted molar refractivity (Wildman–Crippen MR) is 114 cm³/mol. The molecule has 0 spiro atoms. The number of nitrogens with one attached hydrogen (secondary N) is 2. The lowest BCUT2D eigenvalue weighted by Gasteiger charge is -2.30. The Balaban J connectivity index is 3.01. The molecule has 0 bridgehead atoms. The average Bonchev–Trinajstić information content (AvgIpc) is 2.56. The van der Waals surface area contributed by atoms with Crippen LogP contribution in [0.15, 0.2) is 30.3 Å². The van der Waals surface area contributed by atoms with Gasteiger partial charge in [0.15, 0.2) is 0 Å². The zero-order chi connectivity index (χ0) is 23.1. The summed E-state index contributed by atoms with van der Waals surface area (Å²) in [6.07, 6.45) is -0.771. The van der Waals surface area contributed by atoms with Crippen LogP contribution >= 0.6 is 0 Å². The monoisotopic (exact) mass is 421 g/mol. The van der Waals surface area contributed by atoms with Crippen LogP contribution in [-0.2, 0) is 20.8 Å². The molecule has 3 amide bonds. The first-order valence-corrected chi connectivity index (χ1v) is 10.0. The standard InChI is InChI=1S/C22H35N3O5/c1-15(2)17(18(26)29-21(3,4)5)23-19(27)25(14-16-12-10-9-11-13-16)24-20(28)30-22(6,7)8/h9-13,15,17H,14H2,1-8H3,(H,23,27)(H,24,28)/t17-/m0/s1. The van der Waals surface area contributed by atoms with Crippen molar-refractivity contribution in [2.24, 2.45) is 5.92 Å². The SMILES string of the molecule is CC(C)[C@H](NC(=O)N(Cc1ccccc1)NC(=O)OC(C)(C)C)C(=O)OC(C)(C)C. The minimum absolute atomic E-state index is 0.0883. The molecule has 0 aromatic heterocycles. The largest absolute Gasteiger partial charge is 0.458 e. The Morgan fingerprint density at radius 3 is 1.93 bits per heavy atom. The van der Waals surface area contributed by atoms with Gasteiger partial charge in [-0.3, -0.25) is 0 Å². The molecule has 0 aliphatic heterocycles. The number of benzene rings is 1. The number of carbonyl (C=O) groups excluding carboxylic acids is 3. The van der Waals surface area contributed by atoms with Crippen molar-refractivity contribution in [3.8, 4) is 0 Å². The number of nitrogens with zero attached hydrogens (tertiary/aromatic N) is 1. The highest BCUT2D eigenvalue weighted by Crippen LogP contribution is 2.13. The van der Waals surface area contributed by atoms with E-state index in [1.807, 2.05) is 30.3 Å². The number of hydrogen-bond donors (Lipinski definition) is 2. The Kier molecular flexibility index (Phi) is 8.69. The minimum Gasteiger partial charge on any atom is -0.458 e. The Morgan fingerprint density at radius 1 is 0.933 bits per heavy atom. The highest BCUT2D eigenvalue weighted by atomic mass is 16.6. The van der Waals surface area contributed by atoms with E-state index in [-0.39, 0.29) is 12.5 Å². The molecule has 0 aliphatic carbocycles. The summed E-state index contributed by atoms with van der Waals surface area (Å²) < 4.78 is 10.7. The minimum atomic E-state index is -0.879. The Morgan fingerprint density at radius 2 is 1.47 bits per heavy atom. The third kappa shape index (κ3) is 9.62. The van der Waals surface area contributed by atoms with Crippen molar-refractivity contribution in [1.82, 2.24) is 15.8 Å². The number of hydrogen-bond acceptors (Lipinski definition) is 5. The van der Waals surface area contributed by atoms with Gasteiger partial charge in [-0.25, -0.2) is 24.8 Å². The number of ether oxygens (including phenoxy) is 2. The molecule has 168 valence electrons. The third-order valence-electron chi connectivity index (χ3n) is 3.66. The van der Waals surface area contributed by atoms with Gasteiger partial charge in [0.1, 0.15) is 17.2 Å². The third-order valence-corrected chi connectivity index (χ3v) is 3.66. The van der Waals surface area contributed by atoms with Crippen molar-refractivity contribution in [2.45, 2.75) is 79.2 Å². The van der Waals surface area contributed by atoms with E-state index in [0.717, 1.165) is 10.6 Å². The number of amides is 3. The fourth-order valence-corrected chi connectivity index (χ4v) is 2.41. The molecular weight excluding hydrogens is 386 g/mol. The molecule has 0 radical (unpaired) electrons. The lowest BCUT2D eigenvalue weighted by atomic mass is 10.0. The smallest absolute Gasteiger partial charge is 0.426 e. The van der Waals surface area contributed by atoms with Crippen molar-refractivity contribution in [2.75, 3.05) is 0 Å². The van der Waals surface area contributed by atoms with Crippen molar-refractivity contribution in [3.05, 3.63) is 35.9 Å². The molecule has 1 rings (SSSR count). The van der Waals surface area contributed by atoms with Gasteiger partial charge in [-0.2, -0.15) is 0 Å².